The molecular formula is C17H35N3. The Bertz CT molecular complexity index is 284. The number of rotatable bonds is 7. The van der Waals surface area contributed by atoms with Crippen LogP contribution in [0.3, 0.4) is 0 Å². The summed E-state index contributed by atoms with van der Waals surface area (Å²) in [4.78, 5) is 5.25. The summed E-state index contributed by atoms with van der Waals surface area (Å²) < 4.78 is 0. The van der Waals surface area contributed by atoms with Gasteiger partial charge in [0.25, 0.3) is 0 Å². The summed E-state index contributed by atoms with van der Waals surface area (Å²) >= 11 is 0. The standard InChI is InChI=1S/C17H35N3/c1-5-17(6-2,13-18-16-8-9-16)14-20-11-7-10-19(4)12-15(20)3/h15-16,18H,5-14H2,1-4H3. The number of nitrogens with one attached hydrogen (secondary N) is 1. The summed E-state index contributed by atoms with van der Waals surface area (Å²) in [7, 11) is 2.27. The minimum Gasteiger partial charge on any atom is -0.313 e. The monoisotopic (exact) mass is 281 g/mol. The molecule has 0 aromatic rings. The van der Waals surface area contributed by atoms with E-state index in [1.165, 1.54) is 64.8 Å². The Morgan fingerprint density at radius 2 is 1.85 bits per heavy atom. The Hall–Kier alpha value is -0.120. The van der Waals surface area contributed by atoms with Crippen LogP contribution in [0, 0.1) is 5.41 Å². The third-order valence-electron chi connectivity index (χ3n) is 5.57. The molecule has 0 amide bonds. The molecule has 0 bridgehead atoms. The zero-order valence-corrected chi connectivity index (χ0v) is 14.1. The van der Waals surface area contributed by atoms with Gasteiger partial charge in [-0.1, -0.05) is 13.8 Å². The van der Waals surface area contributed by atoms with Crippen LogP contribution in [0.4, 0.5) is 0 Å². The first kappa shape index (κ1) is 16.3. The molecule has 1 aliphatic carbocycles. The zero-order valence-electron chi connectivity index (χ0n) is 14.1. The third kappa shape index (κ3) is 4.44. The van der Waals surface area contributed by atoms with Crippen LogP contribution in [0.2, 0.25) is 0 Å². The Morgan fingerprint density at radius 3 is 2.45 bits per heavy atom. The molecule has 1 aliphatic heterocycles. The van der Waals surface area contributed by atoms with Gasteiger partial charge in [-0.3, -0.25) is 4.90 Å². The van der Waals surface area contributed by atoms with E-state index in [1.54, 1.807) is 0 Å². The van der Waals surface area contributed by atoms with Crippen molar-refractivity contribution in [1.29, 1.82) is 0 Å². The molecule has 20 heavy (non-hydrogen) atoms. The summed E-state index contributed by atoms with van der Waals surface area (Å²) in [5.74, 6) is 0. The van der Waals surface area contributed by atoms with E-state index in [0.717, 1.165) is 6.04 Å². The first-order valence-corrected chi connectivity index (χ1v) is 8.74. The maximum atomic E-state index is 3.79. The summed E-state index contributed by atoms with van der Waals surface area (Å²) in [6.45, 7) is 13.4. The van der Waals surface area contributed by atoms with Crippen molar-refractivity contribution >= 4 is 0 Å². The smallest absolute Gasteiger partial charge is 0.0195 e. The van der Waals surface area contributed by atoms with Crippen LogP contribution in [0.15, 0.2) is 0 Å². The van der Waals surface area contributed by atoms with Gasteiger partial charge >= 0.3 is 0 Å². The molecule has 1 atom stereocenters. The van der Waals surface area contributed by atoms with Crippen molar-refractivity contribution in [2.24, 2.45) is 5.41 Å². The summed E-state index contributed by atoms with van der Waals surface area (Å²) in [5, 5.41) is 3.79. The number of nitrogens with zero attached hydrogens (tertiary/aromatic N) is 2. The van der Waals surface area contributed by atoms with Gasteiger partial charge < -0.3 is 10.2 Å². The largest absolute Gasteiger partial charge is 0.313 e. The fourth-order valence-corrected chi connectivity index (χ4v) is 3.52. The number of likely N-dealkylation sites (N-methyl/N-ethyl adjacent to an activating group) is 1. The fourth-order valence-electron chi connectivity index (χ4n) is 3.52. The molecule has 0 aromatic heterocycles. The molecule has 1 N–H and O–H groups in total. The second-order valence-corrected chi connectivity index (χ2v) is 7.30. The highest BCUT2D eigenvalue weighted by Gasteiger charge is 2.33. The van der Waals surface area contributed by atoms with Crippen molar-refractivity contribution in [3.8, 4) is 0 Å². The van der Waals surface area contributed by atoms with Crippen LogP contribution in [0.5, 0.6) is 0 Å². The van der Waals surface area contributed by atoms with Gasteiger partial charge in [0, 0.05) is 31.7 Å². The van der Waals surface area contributed by atoms with Gasteiger partial charge in [0.05, 0.1) is 0 Å². The first-order chi connectivity index (χ1) is 9.58. The predicted octanol–water partition coefficient (Wildman–Crippen LogP) is 2.57. The van der Waals surface area contributed by atoms with Gasteiger partial charge in [-0.2, -0.15) is 0 Å². The van der Waals surface area contributed by atoms with E-state index in [2.05, 4.69) is 42.9 Å². The van der Waals surface area contributed by atoms with E-state index < -0.39 is 0 Å². The van der Waals surface area contributed by atoms with Gasteiger partial charge in [-0.15, -0.1) is 0 Å². The highest BCUT2D eigenvalue weighted by atomic mass is 15.2. The maximum Gasteiger partial charge on any atom is 0.0195 e. The lowest BCUT2D eigenvalue weighted by Crippen LogP contribution is -2.48. The van der Waals surface area contributed by atoms with Crippen molar-refractivity contribution in [1.82, 2.24) is 15.1 Å². The number of hydrogen-bond acceptors (Lipinski definition) is 3. The van der Waals surface area contributed by atoms with E-state index in [4.69, 9.17) is 0 Å². The zero-order chi connectivity index (χ0) is 14.6. The molecule has 0 aromatic carbocycles. The highest BCUT2D eigenvalue weighted by molar-refractivity contribution is 4.90. The van der Waals surface area contributed by atoms with Crippen molar-refractivity contribution in [3.63, 3.8) is 0 Å². The van der Waals surface area contributed by atoms with Gasteiger partial charge in [0.2, 0.25) is 0 Å². The van der Waals surface area contributed by atoms with Crippen molar-refractivity contribution < 1.29 is 0 Å². The molecule has 1 unspecified atom stereocenters. The Morgan fingerprint density at radius 1 is 1.15 bits per heavy atom. The third-order valence-corrected chi connectivity index (χ3v) is 5.57. The lowest BCUT2D eigenvalue weighted by molar-refractivity contribution is 0.104. The molecule has 3 heteroatoms. The van der Waals surface area contributed by atoms with Crippen molar-refractivity contribution in [2.45, 2.75) is 65.0 Å². The van der Waals surface area contributed by atoms with E-state index in [0.29, 0.717) is 11.5 Å². The van der Waals surface area contributed by atoms with E-state index in [1.807, 2.05) is 0 Å². The second kappa shape index (κ2) is 7.24. The number of hydrogen-bond donors (Lipinski definition) is 1. The molecule has 0 spiro atoms. The normalized spacial score (nSPS) is 26.7. The van der Waals surface area contributed by atoms with Crippen molar-refractivity contribution in [3.05, 3.63) is 0 Å². The van der Waals surface area contributed by atoms with E-state index in [9.17, 15) is 0 Å². The molecule has 2 rings (SSSR count). The minimum atomic E-state index is 0.472. The van der Waals surface area contributed by atoms with Crippen LogP contribution >= 0.6 is 0 Å². The minimum absolute atomic E-state index is 0.472. The van der Waals surface area contributed by atoms with Crippen LogP contribution in [0.1, 0.15) is 52.9 Å². The molecule has 118 valence electrons. The fraction of sp³-hybridized carbons (Fsp3) is 1.00. The average Bonchev–Trinajstić information content (AvgIpc) is 3.26. The SMILES string of the molecule is CCC(CC)(CNC1CC1)CN1CCCN(C)CC1C. The van der Waals surface area contributed by atoms with Crippen LogP contribution in [-0.2, 0) is 0 Å². The molecular weight excluding hydrogens is 246 g/mol. The Balaban J connectivity index is 1.93. The molecule has 2 aliphatic rings. The van der Waals surface area contributed by atoms with Crippen LogP contribution in [0.25, 0.3) is 0 Å². The first-order valence-electron chi connectivity index (χ1n) is 8.74. The molecule has 2 fully saturated rings. The quantitative estimate of drug-likeness (QED) is 0.774. The van der Waals surface area contributed by atoms with Gasteiger partial charge in [-0.25, -0.2) is 0 Å². The highest BCUT2D eigenvalue weighted by Crippen LogP contribution is 2.30. The summed E-state index contributed by atoms with van der Waals surface area (Å²) in [6, 6.07) is 1.53. The van der Waals surface area contributed by atoms with Gasteiger partial charge in [-0.05, 0) is 64.6 Å². The van der Waals surface area contributed by atoms with Crippen molar-refractivity contribution in [2.75, 3.05) is 39.8 Å². The summed E-state index contributed by atoms with van der Waals surface area (Å²) in [5.41, 5.74) is 0.472. The summed E-state index contributed by atoms with van der Waals surface area (Å²) in [6.07, 6.45) is 6.70. The molecule has 0 radical (unpaired) electrons. The molecule has 1 saturated carbocycles. The topological polar surface area (TPSA) is 18.5 Å². The lowest BCUT2D eigenvalue weighted by Gasteiger charge is -2.40. The molecule has 1 saturated heterocycles. The Labute approximate surface area is 126 Å². The average molecular weight is 281 g/mol. The van der Waals surface area contributed by atoms with Crippen LogP contribution in [-0.4, -0.2) is 61.7 Å². The van der Waals surface area contributed by atoms with Crippen LogP contribution < -0.4 is 5.32 Å². The van der Waals surface area contributed by atoms with Gasteiger partial charge in [0.1, 0.15) is 0 Å². The molecule has 3 nitrogen and oxygen atoms in total. The maximum absolute atomic E-state index is 3.79. The lowest BCUT2D eigenvalue weighted by atomic mass is 9.81. The van der Waals surface area contributed by atoms with E-state index in [-0.39, 0.29) is 0 Å². The molecule has 1 heterocycles. The second-order valence-electron chi connectivity index (χ2n) is 7.30. The van der Waals surface area contributed by atoms with Gasteiger partial charge in [0.15, 0.2) is 0 Å². The Kier molecular flexibility index (Phi) is 5.88. The predicted molar refractivity (Wildman–Crippen MR) is 87.2 cm³/mol. The van der Waals surface area contributed by atoms with E-state index >= 15 is 0 Å².